The average molecular weight is 213 g/mol. The second kappa shape index (κ2) is 3.05. The quantitative estimate of drug-likeness (QED) is 0.791. The molecule has 15 heavy (non-hydrogen) atoms. The Bertz CT molecular complexity index is 404. The van der Waals surface area contributed by atoms with Crippen molar-refractivity contribution in [3.63, 3.8) is 0 Å². The number of nitrogen functional groups attached to an aromatic ring is 1. The van der Waals surface area contributed by atoms with E-state index in [0.717, 1.165) is 12.5 Å². The molecule has 0 aromatic carbocycles. The molecule has 1 aliphatic rings. The molecule has 1 aromatic heterocycles. The van der Waals surface area contributed by atoms with E-state index < -0.39 is 11.6 Å². The van der Waals surface area contributed by atoms with Crippen LogP contribution in [-0.2, 0) is 0 Å². The van der Waals surface area contributed by atoms with Crippen LogP contribution in [0.4, 0.5) is 20.4 Å². The Balaban J connectivity index is 2.19. The first kappa shape index (κ1) is 10.1. The molecule has 1 fully saturated rings. The number of rotatable bonds is 2. The Kier molecular flexibility index (Phi) is 2.06. The van der Waals surface area contributed by atoms with Gasteiger partial charge in [0, 0.05) is 12.1 Å². The molecule has 1 aromatic rings. The Morgan fingerprint density at radius 3 is 2.60 bits per heavy atom. The van der Waals surface area contributed by atoms with Gasteiger partial charge in [0.1, 0.15) is 0 Å². The van der Waals surface area contributed by atoms with E-state index in [1.807, 2.05) is 0 Å². The molecule has 5 heteroatoms. The van der Waals surface area contributed by atoms with Gasteiger partial charge in [-0.3, -0.25) is 0 Å². The minimum atomic E-state index is -0.826. The number of aromatic nitrogens is 1. The van der Waals surface area contributed by atoms with Crippen LogP contribution in [0.1, 0.15) is 20.3 Å². The first-order valence-corrected chi connectivity index (χ1v) is 4.78. The van der Waals surface area contributed by atoms with Gasteiger partial charge in [0.2, 0.25) is 0 Å². The van der Waals surface area contributed by atoms with Gasteiger partial charge >= 0.3 is 0 Å². The van der Waals surface area contributed by atoms with Crippen molar-refractivity contribution in [2.75, 3.05) is 11.1 Å². The highest BCUT2D eigenvalue weighted by Gasteiger charge is 2.46. The molecule has 1 unspecified atom stereocenters. The van der Waals surface area contributed by atoms with Crippen LogP contribution in [0.15, 0.2) is 6.07 Å². The minimum absolute atomic E-state index is 0.0319. The molecule has 1 aliphatic carbocycles. The molecule has 0 amide bonds. The summed E-state index contributed by atoms with van der Waals surface area (Å²) in [5, 5.41) is 2.91. The van der Waals surface area contributed by atoms with Gasteiger partial charge < -0.3 is 11.1 Å². The fourth-order valence-corrected chi connectivity index (χ4v) is 1.46. The van der Waals surface area contributed by atoms with E-state index >= 15 is 0 Å². The van der Waals surface area contributed by atoms with Crippen molar-refractivity contribution in [3.05, 3.63) is 17.7 Å². The third-order valence-corrected chi connectivity index (χ3v) is 2.78. The maximum absolute atomic E-state index is 13.2. The number of nitrogens with zero attached hydrogens (tertiary/aromatic N) is 1. The molecule has 0 bridgehead atoms. The van der Waals surface area contributed by atoms with Crippen LogP contribution in [0.2, 0.25) is 0 Å². The zero-order valence-corrected chi connectivity index (χ0v) is 8.64. The molecule has 0 saturated heterocycles. The summed E-state index contributed by atoms with van der Waals surface area (Å²) in [5.41, 5.74) is 5.41. The van der Waals surface area contributed by atoms with E-state index in [-0.39, 0.29) is 23.1 Å². The molecule has 1 atom stereocenters. The summed E-state index contributed by atoms with van der Waals surface area (Å²) in [4.78, 5) is 3.63. The van der Waals surface area contributed by atoms with Crippen LogP contribution in [0.5, 0.6) is 0 Å². The third-order valence-electron chi connectivity index (χ3n) is 2.78. The summed E-state index contributed by atoms with van der Waals surface area (Å²) in [6, 6.07) is 0.935. The van der Waals surface area contributed by atoms with Crippen molar-refractivity contribution in [2.45, 2.75) is 26.3 Å². The molecule has 1 saturated carbocycles. The lowest BCUT2D eigenvalue weighted by atomic mass is 10.2. The number of anilines is 2. The van der Waals surface area contributed by atoms with Crippen molar-refractivity contribution in [2.24, 2.45) is 5.41 Å². The molecule has 0 aliphatic heterocycles. The van der Waals surface area contributed by atoms with E-state index in [1.165, 1.54) is 0 Å². The smallest absolute Gasteiger partial charge is 0.168 e. The molecule has 3 nitrogen and oxygen atoms in total. The molecule has 0 spiro atoms. The monoisotopic (exact) mass is 213 g/mol. The minimum Gasteiger partial charge on any atom is -0.381 e. The highest BCUT2D eigenvalue weighted by molar-refractivity contribution is 5.47. The maximum Gasteiger partial charge on any atom is 0.168 e. The highest BCUT2D eigenvalue weighted by Crippen LogP contribution is 2.46. The predicted octanol–water partition coefficient (Wildman–Crippen LogP) is 2.15. The number of nitrogens with two attached hydrogens (primary N) is 1. The van der Waals surface area contributed by atoms with Crippen molar-refractivity contribution >= 4 is 11.6 Å². The van der Waals surface area contributed by atoms with Crippen molar-refractivity contribution in [3.8, 4) is 0 Å². The van der Waals surface area contributed by atoms with Crippen LogP contribution in [0, 0.1) is 17.0 Å². The SMILES string of the molecule is CC1(C)CC1Nc1nc(N)c(F)cc1F. The zero-order valence-electron chi connectivity index (χ0n) is 8.64. The summed E-state index contributed by atoms with van der Waals surface area (Å²) < 4.78 is 26.1. The first-order valence-electron chi connectivity index (χ1n) is 4.78. The molecule has 0 radical (unpaired) electrons. The standard InChI is InChI=1S/C10H13F2N3/c1-10(2)4-7(10)14-9-6(12)3-5(11)8(13)15-9/h3,7H,4H2,1-2H3,(H3,13,14,15). The van der Waals surface area contributed by atoms with E-state index in [1.54, 1.807) is 0 Å². The van der Waals surface area contributed by atoms with E-state index in [9.17, 15) is 8.78 Å². The van der Waals surface area contributed by atoms with E-state index in [4.69, 9.17) is 5.73 Å². The van der Waals surface area contributed by atoms with Gasteiger partial charge in [-0.2, -0.15) is 0 Å². The molecule has 82 valence electrons. The van der Waals surface area contributed by atoms with Crippen LogP contribution < -0.4 is 11.1 Å². The third kappa shape index (κ3) is 1.86. The van der Waals surface area contributed by atoms with E-state index in [2.05, 4.69) is 24.1 Å². The summed E-state index contributed by atoms with van der Waals surface area (Å²) in [6.45, 7) is 4.13. The average Bonchev–Trinajstić information content (AvgIpc) is 2.70. The fourth-order valence-electron chi connectivity index (χ4n) is 1.46. The van der Waals surface area contributed by atoms with Gasteiger partial charge in [0.15, 0.2) is 23.3 Å². The summed E-state index contributed by atoms with van der Waals surface area (Å²) in [7, 11) is 0. The molecule has 1 heterocycles. The topological polar surface area (TPSA) is 50.9 Å². The summed E-state index contributed by atoms with van der Waals surface area (Å²) >= 11 is 0. The maximum atomic E-state index is 13.2. The molecule has 2 rings (SSSR count). The second-order valence-electron chi connectivity index (χ2n) is 4.58. The van der Waals surface area contributed by atoms with Crippen molar-refractivity contribution in [1.82, 2.24) is 4.98 Å². The number of halogens is 2. The predicted molar refractivity (Wildman–Crippen MR) is 54.4 cm³/mol. The van der Waals surface area contributed by atoms with Gasteiger partial charge in [0.25, 0.3) is 0 Å². The number of hydrogen-bond donors (Lipinski definition) is 2. The van der Waals surface area contributed by atoms with E-state index in [0.29, 0.717) is 0 Å². The first-order chi connectivity index (χ1) is 6.90. The van der Waals surface area contributed by atoms with Crippen LogP contribution in [-0.4, -0.2) is 11.0 Å². The van der Waals surface area contributed by atoms with Crippen LogP contribution in [0.25, 0.3) is 0 Å². The van der Waals surface area contributed by atoms with Gasteiger partial charge in [-0.15, -0.1) is 0 Å². The molecule has 3 N–H and O–H groups in total. The second-order valence-corrected chi connectivity index (χ2v) is 4.58. The van der Waals surface area contributed by atoms with Crippen molar-refractivity contribution < 1.29 is 8.78 Å². The fraction of sp³-hybridized carbons (Fsp3) is 0.500. The Labute approximate surface area is 86.7 Å². The Hall–Kier alpha value is -1.39. The lowest BCUT2D eigenvalue weighted by Gasteiger charge is -2.09. The van der Waals surface area contributed by atoms with Gasteiger partial charge in [0.05, 0.1) is 0 Å². The Morgan fingerprint density at radius 1 is 1.47 bits per heavy atom. The number of hydrogen-bond acceptors (Lipinski definition) is 3. The number of pyridine rings is 1. The Morgan fingerprint density at radius 2 is 2.07 bits per heavy atom. The van der Waals surface area contributed by atoms with Gasteiger partial charge in [-0.1, -0.05) is 13.8 Å². The highest BCUT2D eigenvalue weighted by atomic mass is 19.1. The zero-order chi connectivity index (χ0) is 11.2. The lowest BCUT2D eigenvalue weighted by molar-refractivity contribution is 0.576. The lowest BCUT2D eigenvalue weighted by Crippen LogP contribution is -2.12. The molecular weight excluding hydrogens is 200 g/mol. The normalized spacial score (nSPS) is 22.5. The van der Waals surface area contributed by atoms with Gasteiger partial charge in [-0.25, -0.2) is 13.8 Å². The van der Waals surface area contributed by atoms with Crippen LogP contribution >= 0.6 is 0 Å². The van der Waals surface area contributed by atoms with Gasteiger partial charge in [-0.05, 0) is 11.8 Å². The van der Waals surface area contributed by atoms with Crippen molar-refractivity contribution in [1.29, 1.82) is 0 Å². The van der Waals surface area contributed by atoms with Crippen LogP contribution in [0.3, 0.4) is 0 Å². The number of nitrogens with one attached hydrogen (secondary N) is 1. The molecular formula is C10H13F2N3. The summed E-state index contributed by atoms with van der Waals surface area (Å²) in [5.74, 6) is -1.78. The largest absolute Gasteiger partial charge is 0.381 e. The summed E-state index contributed by atoms with van der Waals surface area (Å²) in [6.07, 6.45) is 0.950.